The summed E-state index contributed by atoms with van der Waals surface area (Å²) in [5, 5.41) is 12.8. The predicted molar refractivity (Wildman–Crippen MR) is 90.9 cm³/mol. The van der Waals surface area contributed by atoms with Crippen LogP contribution in [0.2, 0.25) is 0 Å². The predicted octanol–water partition coefficient (Wildman–Crippen LogP) is 2.52. The molecule has 134 valence electrons. The molecule has 2 aliphatic heterocycles. The van der Waals surface area contributed by atoms with Crippen LogP contribution in [0.1, 0.15) is 66.8 Å². The number of fused-ring (bicyclic) bond motifs is 1. The van der Waals surface area contributed by atoms with Crippen molar-refractivity contribution in [1.29, 1.82) is 0 Å². The van der Waals surface area contributed by atoms with Crippen molar-refractivity contribution in [2.45, 2.75) is 71.4 Å². The van der Waals surface area contributed by atoms with Gasteiger partial charge in [0.25, 0.3) is 0 Å². The summed E-state index contributed by atoms with van der Waals surface area (Å²) in [5.74, 6) is 2.92. The summed E-state index contributed by atoms with van der Waals surface area (Å²) < 4.78 is 7.46. The molecule has 2 aliphatic rings. The van der Waals surface area contributed by atoms with E-state index in [0.717, 1.165) is 67.4 Å². The molecule has 7 nitrogen and oxygen atoms in total. The van der Waals surface area contributed by atoms with E-state index >= 15 is 0 Å². The number of carbonyl (C=O) groups is 1. The molecule has 0 N–H and O–H groups in total. The van der Waals surface area contributed by atoms with Crippen LogP contribution in [-0.4, -0.2) is 37.3 Å². The molecule has 0 spiro atoms. The van der Waals surface area contributed by atoms with E-state index in [0.29, 0.717) is 6.42 Å². The fourth-order valence-electron chi connectivity index (χ4n) is 4.09. The SMILES string of the molecule is Cc1noc(C)c1CC(=O)N1CCC[C@@H]1c1nnc2n1CCCCC2. The average molecular weight is 343 g/mol. The normalized spacial score (nSPS) is 20.6. The van der Waals surface area contributed by atoms with Gasteiger partial charge in [-0.25, -0.2) is 0 Å². The van der Waals surface area contributed by atoms with Crippen LogP contribution in [0.15, 0.2) is 4.52 Å². The summed E-state index contributed by atoms with van der Waals surface area (Å²) >= 11 is 0. The first kappa shape index (κ1) is 16.3. The number of hydrogen-bond acceptors (Lipinski definition) is 5. The van der Waals surface area contributed by atoms with Gasteiger partial charge < -0.3 is 14.0 Å². The quantitative estimate of drug-likeness (QED) is 0.856. The van der Waals surface area contributed by atoms with Crippen molar-refractivity contribution < 1.29 is 9.32 Å². The highest BCUT2D eigenvalue weighted by Gasteiger charge is 2.34. The van der Waals surface area contributed by atoms with E-state index in [2.05, 4.69) is 19.9 Å². The highest BCUT2D eigenvalue weighted by Crippen LogP contribution is 2.33. The second kappa shape index (κ2) is 6.61. The molecule has 4 heterocycles. The molecule has 1 saturated heterocycles. The molecule has 1 amide bonds. The molecule has 0 aromatic carbocycles. The van der Waals surface area contributed by atoms with Crippen molar-refractivity contribution >= 4 is 5.91 Å². The number of aryl methyl sites for hydroxylation is 3. The number of carbonyl (C=O) groups excluding carboxylic acids is 1. The minimum Gasteiger partial charge on any atom is -0.361 e. The van der Waals surface area contributed by atoms with Crippen molar-refractivity contribution in [2.24, 2.45) is 0 Å². The van der Waals surface area contributed by atoms with Gasteiger partial charge in [-0.05, 0) is 39.5 Å². The van der Waals surface area contributed by atoms with Crippen molar-refractivity contribution in [3.05, 3.63) is 28.7 Å². The Labute approximate surface area is 147 Å². The maximum absolute atomic E-state index is 13.0. The van der Waals surface area contributed by atoms with Gasteiger partial charge in [-0.1, -0.05) is 11.6 Å². The molecule has 2 aromatic rings. The number of nitrogens with zero attached hydrogens (tertiary/aromatic N) is 5. The number of rotatable bonds is 3. The lowest BCUT2D eigenvalue weighted by Gasteiger charge is -2.24. The zero-order valence-corrected chi connectivity index (χ0v) is 15.0. The minimum atomic E-state index is 0.0484. The smallest absolute Gasteiger partial charge is 0.227 e. The highest BCUT2D eigenvalue weighted by atomic mass is 16.5. The monoisotopic (exact) mass is 343 g/mol. The molecule has 0 radical (unpaired) electrons. The van der Waals surface area contributed by atoms with E-state index in [-0.39, 0.29) is 11.9 Å². The third-order valence-corrected chi connectivity index (χ3v) is 5.52. The molecule has 0 aliphatic carbocycles. The van der Waals surface area contributed by atoms with Crippen molar-refractivity contribution in [3.63, 3.8) is 0 Å². The summed E-state index contributed by atoms with van der Waals surface area (Å²) in [5.41, 5.74) is 1.72. The zero-order valence-electron chi connectivity index (χ0n) is 15.0. The van der Waals surface area contributed by atoms with Gasteiger partial charge in [-0.3, -0.25) is 4.79 Å². The van der Waals surface area contributed by atoms with Crippen LogP contribution in [-0.2, 0) is 24.2 Å². The number of hydrogen-bond donors (Lipinski definition) is 0. The molecule has 1 atom stereocenters. The second-order valence-corrected chi connectivity index (χ2v) is 7.16. The molecule has 0 unspecified atom stereocenters. The van der Waals surface area contributed by atoms with Gasteiger partial charge in [0.2, 0.25) is 5.91 Å². The van der Waals surface area contributed by atoms with Gasteiger partial charge in [0.05, 0.1) is 18.2 Å². The number of aromatic nitrogens is 4. The van der Waals surface area contributed by atoms with Crippen LogP contribution >= 0.6 is 0 Å². The average Bonchev–Trinajstić information content (AvgIpc) is 3.26. The molecule has 7 heteroatoms. The van der Waals surface area contributed by atoms with E-state index in [4.69, 9.17) is 4.52 Å². The summed E-state index contributed by atoms with van der Waals surface area (Å²) in [4.78, 5) is 14.9. The van der Waals surface area contributed by atoms with E-state index in [9.17, 15) is 4.79 Å². The Balaban J connectivity index is 1.57. The third-order valence-electron chi connectivity index (χ3n) is 5.52. The third kappa shape index (κ3) is 2.96. The maximum Gasteiger partial charge on any atom is 0.227 e. The Morgan fingerprint density at radius 1 is 1.16 bits per heavy atom. The minimum absolute atomic E-state index is 0.0484. The largest absolute Gasteiger partial charge is 0.361 e. The van der Waals surface area contributed by atoms with Gasteiger partial charge >= 0.3 is 0 Å². The zero-order chi connectivity index (χ0) is 17.4. The fourth-order valence-corrected chi connectivity index (χ4v) is 4.09. The van der Waals surface area contributed by atoms with Crippen molar-refractivity contribution in [3.8, 4) is 0 Å². The summed E-state index contributed by atoms with van der Waals surface area (Å²) in [6, 6.07) is 0.0484. The molecular weight excluding hydrogens is 318 g/mol. The molecule has 1 fully saturated rings. The lowest BCUT2D eigenvalue weighted by atomic mass is 10.1. The highest BCUT2D eigenvalue weighted by molar-refractivity contribution is 5.79. The van der Waals surface area contributed by atoms with E-state index in [1.807, 2.05) is 18.7 Å². The first-order chi connectivity index (χ1) is 12.1. The van der Waals surface area contributed by atoms with Gasteiger partial charge in [0.1, 0.15) is 11.6 Å². The summed E-state index contributed by atoms with van der Waals surface area (Å²) in [6.07, 6.45) is 6.90. The molecule has 2 aromatic heterocycles. The van der Waals surface area contributed by atoms with Gasteiger partial charge in [-0.15, -0.1) is 10.2 Å². The first-order valence-corrected chi connectivity index (χ1v) is 9.28. The van der Waals surface area contributed by atoms with Crippen LogP contribution in [0.4, 0.5) is 0 Å². The van der Waals surface area contributed by atoms with E-state index < -0.39 is 0 Å². The molecule has 0 saturated carbocycles. The fraction of sp³-hybridized carbons (Fsp3) is 0.667. The van der Waals surface area contributed by atoms with E-state index in [1.165, 1.54) is 12.8 Å². The topological polar surface area (TPSA) is 77.1 Å². The maximum atomic E-state index is 13.0. The summed E-state index contributed by atoms with van der Waals surface area (Å²) in [7, 11) is 0. The Bertz CT molecular complexity index is 759. The number of amides is 1. The summed E-state index contributed by atoms with van der Waals surface area (Å²) in [6.45, 7) is 5.51. The molecular formula is C18H25N5O2. The van der Waals surface area contributed by atoms with Gasteiger partial charge in [0, 0.05) is 25.1 Å². The standard InChI is InChI=1S/C18H25N5O2/c1-12-14(13(2)25-21-12)11-17(24)22-10-6-7-15(22)18-20-19-16-8-4-3-5-9-23(16)18/h15H,3-11H2,1-2H3/t15-/m1/s1. The lowest BCUT2D eigenvalue weighted by Crippen LogP contribution is -2.33. The van der Waals surface area contributed by atoms with E-state index in [1.54, 1.807) is 0 Å². The molecule has 25 heavy (non-hydrogen) atoms. The van der Waals surface area contributed by atoms with Crippen LogP contribution in [0.3, 0.4) is 0 Å². The molecule has 0 bridgehead atoms. The Morgan fingerprint density at radius 2 is 2.04 bits per heavy atom. The lowest BCUT2D eigenvalue weighted by molar-refractivity contribution is -0.131. The van der Waals surface area contributed by atoms with Crippen LogP contribution < -0.4 is 0 Å². The second-order valence-electron chi connectivity index (χ2n) is 7.16. The number of likely N-dealkylation sites (tertiary alicyclic amines) is 1. The Morgan fingerprint density at radius 3 is 2.84 bits per heavy atom. The van der Waals surface area contributed by atoms with Crippen LogP contribution in [0, 0.1) is 13.8 Å². The van der Waals surface area contributed by atoms with Crippen molar-refractivity contribution in [2.75, 3.05) is 6.54 Å². The van der Waals surface area contributed by atoms with Crippen LogP contribution in [0.25, 0.3) is 0 Å². The van der Waals surface area contributed by atoms with Crippen molar-refractivity contribution in [1.82, 2.24) is 24.8 Å². The first-order valence-electron chi connectivity index (χ1n) is 9.28. The Hall–Kier alpha value is -2.18. The molecule has 4 rings (SSSR count). The van der Waals surface area contributed by atoms with Crippen LogP contribution in [0.5, 0.6) is 0 Å². The van der Waals surface area contributed by atoms with Gasteiger partial charge in [-0.2, -0.15) is 0 Å². The Kier molecular flexibility index (Phi) is 4.31. The van der Waals surface area contributed by atoms with Gasteiger partial charge in [0.15, 0.2) is 5.82 Å².